The summed E-state index contributed by atoms with van der Waals surface area (Å²) in [7, 11) is 1.61. The fraction of sp³-hybridized carbons (Fsp3) is 0.217. The van der Waals surface area contributed by atoms with Crippen molar-refractivity contribution < 1.29 is 24.1 Å². The number of methoxy groups -OCH3 is 1. The maximum absolute atomic E-state index is 12.5. The Hall–Kier alpha value is -3.54. The Labute approximate surface area is 167 Å². The Bertz CT molecular complexity index is 1080. The molecule has 0 amide bonds. The summed E-state index contributed by atoms with van der Waals surface area (Å²) in [6, 6.07) is 17.0. The molecule has 3 aromatic rings. The molecule has 2 aromatic carbocycles. The smallest absolute Gasteiger partial charge is 0.308 e. The van der Waals surface area contributed by atoms with Crippen molar-refractivity contribution >= 4 is 5.97 Å². The van der Waals surface area contributed by atoms with Gasteiger partial charge in [0.1, 0.15) is 5.75 Å². The SMILES string of the molecule is COc1ccc([C@@H]2c3ncccc3[C@H](c3ccc4c(c3)OCO4)[C@H]2C(=O)O)cc1. The highest BCUT2D eigenvalue weighted by Gasteiger charge is 2.47. The first-order chi connectivity index (χ1) is 14.2. The van der Waals surface area contributed by atoms with Crippen molar-refractivity contribution in [3.63, 3.8) is 0 Å². The molecule has 0 fully saturated rings. The molecule has 6 nitrogen and oxygen atoms in total. The number of pyridine rings is 1. The van der Waals surface area contributed by atoms with E-state index in [9.17, 15) is 9.90 Å². The average Bonchev–Trinajstić information content (AvgIpc) is 3.35. The molecular weight excluding hydrogens is 370 g/mol. The molecule has 0 radical (unpaired) electrons. The Morgan fingerprint density at radius 3 is 2.55 bits per heavy atom. The number of hydrogen-bond acceptors (Lipinski definition) is 5. The summed E-state index contributed by atoms with van der Waals surface area (Å²) in [4.78, 5) is 17.1. The van der Waals surface area contributed by atoms with Crippen molar-refractivity contribution in [3.05, 3.63) is 83.2 Å². The molecule has 1 aliphatic heterocycles. The van der Waals surface area contributed by atoms with Crippen LogP contribution in [0.3, 0.4) is 0 Å². The van der Waals surface area contributed by atoms with Crippen LogP contribution in [-0.4, -0.2) is 30.0 Å². The lowest BCUT2D eigenvalue weighted by atomic mass is 9.80. The summed E-state index contributed by atoms with van der Waals surface area (Å²) in [5.41, 5.74) is 3.51. The molecule has 0 saturated carbocycles. The lowest BCUT2D eigenvalue weighted by Gasteiger charge is -2.22. The summed E-state index contributed by atoms with van der Waals surface area (Å²) >= 11 is 0. The molecule has 2 aliphatic rings. The summed E-state index contributed by atoms with van der Waals surface area (Å²) in [5.74, 6) is -0.183. The monoisotopic (exact) mass is 389 g/mol. The van der Waals surface area contributed by atoms with Crippen LogP contribution in [0.25, 0.3) is 0 Å². The molecule has 0 unspecified atom stereocenters. The lowest BCUT2D eigenvalue weighted by molar-refractivity contribution is -0.142. The first kappa shape index (κ1) is 17.6. The third-order valence-corrected chi connectivity index (χ3v) is 5.73. The van der Waals surface area contributed by atoms with E-state index in [0.717, 1.165) is 28.1 Å². The summed E-state index contributed by atoms with van der Waals surface area (Å²) in [6.45, 7) is 0.179. The first-order valence-electron chi connectivity index (χ1n) is 9.38. The zero-order valence-corrected chi connectivity index (χ0v) is 15.7. The van der Waals surface area contributed by atoms with Gasteiger partial charge in [0.2, 0.25) is 6.79 Å². The van der Waals surface area contributed by atoms with Crippen molar-refractivity contribution in [1.29, 1.82) is 0 Å². The minimum atomic E-state index is -0.855. The van der Waals surface area contributed by atoms with Gasteiger partial charge < -0.3 is 19.3 Å². The second kappa shape index (κ2) is 6.81. The van der Waals surface area contributed by atoms with Crippen molar-refractivity contribution in [2.24, 2.45) is 5.92 Å². The molecule has 0 bridgehead atoms. The molecule has 0 spiro atoms. The minimum Gasteiger partial charge on any atom is -0.497 e. The standard InChI is InChI=1S/C23H19NO5/c1-27-15-7-4-13(5-8-15)20-21(23(25)26)19(16-3-2-10-24-22(16)20)14-6-9-17-18(11-14)29-12-28-17/h2-11,19-21H,12H2,1H3,(H,25,26)/t19-,20-,21+/m0/s1. The van der Waals surface area contributed by atoms with E-state index in [1.165, 1.54) is 0 Å². The van der Waals surface area contributed by atoms with Gasteiger partial charge >= 0.3 is 5.97 Å². The molecule has 1 aliphatic carbocycles. The highest BCUT2D eigenvalue weighted by atomic mass is 16.7. The van der Waals surface area contributed by atoms with Gasteiger partial charge in [-0.15, -0.1) is 0 Å². The highest BCUT2D eigenvalue weighted by Crippen LogP contribution is 2.52. The normalized spacial score (nSPS) is 21.6. The number of rotatable bonds is 4. The second-order valence-electron chi connectivity index (χ2n) is 7.18. The number of carboxylic acid groups (broad SMARTS) is 1. The summed E-state index contributed by atoms with van der Waals surface area (Å²) in [5, 5.41) is 10.2. The molecule has 1 N–H and O–H groups in total. The quantitative estimate of drug-likeness (QED) is 0.731. The highest BCUT2D eigenvalue weighted by molar-refractivity contribution is 5.77. The number of carboxylic acids is 1. The van der Waals surface area contributed by atoms with Gasteiger partial charge in [0.15, 0.2) is 11.5 Å². The maximum Gasteiger partial charge on any atom is 0.308 e. The number of hydrogen-bond donors (Lipinski definition) is 1. The van der Waals surface area contributed by atoms with E-state index in [4.69, 9.17) is 14.2 Å². The number of benzene rings is 2. The van der Waals surface area contributed by atoms with Crippen LogP contribution in [0, 0.1) is 5.92 Å². The van der Waals surface area contributed by atoms with E-state index >= 15 is 0 Å². The second-order valence-corrected chi connectivity index (χ2v) is 7.18. The number of aromatic nitrogens is 1. The zero-order valence-electron chi connectivity index (χ0n) is 15.7. The van der Waals surface area contributed by atoms with Crippen molar-refractivity contribution in [2.45, 2.75) is 11.8 Å². The zero-order chi connectivity index (χ0) is 20.0. The predicted octanol–water partition coefficient (Wildman–Crippen LogP) is 3.80. The van der Waals surface area contributed by atoms with Gasteiger partial charge in [-0.25, -0.2) is 0 Å². The van der Waals surface area contributed by atoms with Gasteiger partial charge in [0.25, 0.3) is 0 Å². The van der Waals surface area contributed by atoms with Crippen LogP contribution in [0.15, 0.2) is 60.8 Å². The van der Waals surface area contributed by atoms with E-state index < -0.39 is 11.9 Å². The molecule has 0 saturated heterocycles. The van der Waals surface area contributed by atoms with Gasteiger partial charge in [-0.1, -0.05) is 24.3 Å². The van der Waals surface area contributed by atoms with Crippen molar-refractivity contribution in [2.75, 3.05) is 13.9 Å². The largest absolute Gasteiger partial charge is 0.497 e. The van der Waals surface area contributed by atoms with Crippen LogP contribution in [0.4, 0.5) is 0 Å². The van der Waals surface area contributed by atoms with E-state index in [0.29, 0.717) is 11.5 Å². The van der Waals surface area contributed by atoms with E-state index in [1.54, 1.807) is 13.3 Å². The van der Waals surface area contributed by atoms with Crippen LogP contribution in [0.5, 0.6) is 17.2 Å². The molecule has 29 heavy (non-hydrogen) atoms. The number of ether oxygens (including phenoxy) is 3. The molecule has 6 heteroatoms. The van der Waals surface area contributed by atoms with Gasteiger partial charge in [-0.2, -0.15) is 0 Å². The van der Waals surface area contributed by atoms with Crippen molar-refractivity contribution in [1.82, 2.24) is 4.98 Å². The maximum atomic E-state index is 12.5. The summed E-state index contributed by atoms with van der Waals surface area (Å²) in [6.07, 6.45) is 1.72. The molecule has 5 rings (SSSR count). The number of fused-ring (bicyclic) bond motifs is 2. The Balaban J connectivity index is 1.66. The fourth-order valence-electron chi connectivity index (χ4n) is 4.46. The third kappa shape index (κ3) is 2.79. The molecule has 146 valence electrons. The van der Waals surface area contributed by atoms with Gasteiger partial charge in [-0.3, -0.25) is 9.78 Å². The van der Waals surface area contributed by atoms with E-state index in [-0.39, 0.29) is 18.6 Å². The summed E-state index contributed by atoms with van der Waals surface area (Å²) < 4.78 is 16.2. The molecule has 2 heterocycles. The molecular formula is C23H19NO5. The number of aliphatic carboxylic acids is 1. The fourth-order valence-corrected chi connectivity index (χ4v) is 4.46. The van der Waals surface area contributed by atoms with Crippen LogP contribution in [0.2, 0.25) is 0 Å². The van der Waals surface area contributed by atoms with Crippen LogP contribution < -0.4 is 14.2 Å². The Morgan fingerprint density at radius 2 is 1.79 bits per heavy atom. The predicted molar refractivity (Wildman–Crippen MR) is 105 cm³/mol. The van der Waals surface area contributed by atoms with Crippen LogP contribution in [0.1, 0.15) is 34.2 Å². The minimum absolute atomic E-state index is 0.179. The first-order valence-corrected chi connectivity index (χ1v) is 9.38. The van der Waals surface area contributed by atoms with Crippen LogP contribution in [-0.2, 0) is 4.79 Å². The van der Waals surface area contributed by atoms with E-state index in [2.05, 4.69) is 4.98 Å². The van der Waals surface area contributed by atoms with E-state index in [1.807, 2.05) is 54.6 Å². The average molecular weight is 389 g/mol. The number of carbonyl (C=O) groups is 1. The van der Waals surface area contributed by atoms with Gasteiger partial charge in [0, 0.05) is 18.0 Å². The molecule has 1 aromatic heterocycles. The van der Waals surface area contributed by atoms with Crippen LogP contribution >= 0.6 is 0 Å². The third-order valence-electron chi connectivity index (χ3n) is 5.73. The Morgan fingerprint density at radius 1 is 1.03 bits per heavy atom. The lowest BCUT2D eigenvalue weighted by Crippen LogP contribution is -2.24. The van der Waals surface area contributed by atoms with Gasteiger partial charge in [-0.05, 0) is 47.0 Å². The van der Waals surface area contributed by atoms with Gasteiger partial charge in [0.05, 0.1) is 18.7 Å². The molecule has 3 atom stereocenters. The number of nitrogens with zero attached hydrogens (tertiary/aromatic N) is 1. The van der Waals surface area contributed by atoms with Crippen molar-refractivity contribution in [3.8, 4) is 17.2 Å². The Kier molecular flexibility index (Phi) is 4.12. The topological polar surface area (TPSA) is 77.9 Å².